The molecule has 0 aromatic carbocycles. The molecule has 0 aromatic rings. The van der Waals surface area contributed by atoms with E-state index in [1.807, 2.05) is 0 Å². The predicted molar refractivity (Wildman–Crippen MR) is 139 cm³/mol. The summed E-state index contributed by atoms with van der Waals surface area (Å²) in [7, 11) is 0. The molecule has 0 bridgehead atoms. The monoisotopic (exact) mass is 630 g/mol. The van der Waals surface area contributed by atoms with Crippen molar-refractivity contribution in [1.82, 2.24) is 0 Å². The Morgan fingerprint density at radius 1 is 0.455 bits per heavy atom. The zero-order valence-electron chi connectivity index (χ0n) is 23.0. The van der Waals surface area contributed by atoms with Crippen molar-refractivity contribution in [1.29, 1.82) is 0 Å². The number of carbonyl (C=O) groups is 6. The van der Waals surface area contributed by atoms with Gasteiger partial charge in [-0.05, 0) is 0 Å². The van der Waals surface area contributed by atoms with Gasteiger partial charge < -0.3 is 39.4 Å². The molecular formula is C26H30O18. The smallest absolute Gasteiger partial charge is 0.396 e. The van der Waals surface area contributed by atoms with Gasteiger partial charge in [-0.2, -0.15) is 0 Å². The quantitative estimate of drug-likeness (QED) is 0.0369. The third kappa shape index (κ3) is 7.89. The van der Waals surface area contributed by atoms with E-state index in [4.69, 9.17) is 28.7 Å². The van der Waals surface area contributed by atoms with E-state index in [1.54, 1.807) is 0 Å². The van der Waals surface area contributed by atoms with Crippen LogP contribution in [-0.2, 0) is 67.3 Å². The van der Waals surface area contributed by atoms with Crippen molar-refractivity contribution >= 4 is 35.8 Å². The van der Waals surface area contributed by atoms with Crippen LogP contribution >= 0.6 is 0 Å². The van der Waals surface area contributed by atoms with Gasteiger partial charge in [0.2, 0.25) is 5.41 Å². The van der Waals surface area contributed by atoms with E-state index in [2.05, 4.69) is 49.2 Å². The maximum Gasteiger partial charge on any atom is 0.433 e. The van der Waals surface area contributed by atoms with Crippen molar-refractivity contribution in [2.24, 2.45) is 10.8 Å². The van der Waals surface area contributed by atoms with E-state index in [9.17, 15) is 49.2 Å². The van der Waals surface area contributed by atoms with Crippen molar-refractivity contribution in [3.05, 3.63) is 75.9 Å². The van der Waals surface area contributed by atoms with E-state index in [1.165, 1.54) is 0 Å². The van der Waals surface area contributed by atoms with Crippen molar-refractivity contribution in [2.75, 3.05) is 26.4 Å². The molecule has 0 heterocycles. The van der Waals surface area contributed by atoms with Gasteiger partial charge in [-0.1, -0.05) is 49.2 Å². The lowest BCUT2D eigenvalue weighted by molar-refractivity contribution is -0.592. The van der Waals surface area contributed by atoms with Gasteiger partial charge in [-0.15, -0.1) is 0 Å². The molecule has 44 heavy (non-hydrogen) atoms. The summed E-state index contributed by atoms with van der Waals surface area (Å²) in [6.07, 6.45) is 2.25. The molecule has 0 aliphatic heterocycles. The molecule has 0 spiro atoms. The van der Waals surface area contributed by atoms with Crippen LogP contribution in [0.4, 0.5) is 0 Å². The van der Waals surface area contributed by atoms with Gasteiger partial charge in [-0.25, -0.2) is 28.8 Å². The Labute approximate surface area is 249 Å². The van der Waals surface area contributed by atoms with Crippen molar-refractivity contribution in [2.45, 2.75) is 11.9 Å². The van der Waals surface area contributed by atoms with Gasteiger partial charge in [0.25, 0.3) is 0 Å². The highest BCUT2D eigenvalue weighted by atomic mass is 17.3. The number of ether oxygens (including phenoxy) is 4. The molecular weight excluding hydrogens is 600 g/mol. The average Bonchev–Trinajstić information content (AvgIpc) is 3.04. The Hall–Kier alpha value is -4.98. The fraction of sp³-hybridized carbons (Fsp3) is 0.308. The number of aliphatic hydroxyl groups is 4. The molecule has 0 saturated carbocycles. The second-order valence-electron chi connectivity index (χ2n) is 7.81. The summed E-state index contributed by atoms with van der Waals surface area (Å²) in [5, 5.41) is 42.7. The number of hydrogen-bond acceptors (Lipinski definition) is 18. The molecule has 0 amide bonds. The highest BCUT2D eigenvalue weighted by molar-refractivity contribution is 5.85. The van der Waals surface area contributed by atoms with Crippen molar-refractivity contribution in [3.8, 4) is 0 Å². The van der Waals surface area contributed by atoms with Crippen LogP contribution < -0.4 is 0 Å². The first-order valence-electron chi connectivity index (χ1n) is 11.6. The lowest BCUT2D eigenvalue weighted by Gasteiger charge is -2.56. The molecule has 0 fully saturated rings. The molecule has 0 aliphatic rings. The van der Waals surface area contributed by atoms with Gasteiger partial charge in [0.05, 0.1) is 31.8 Å². The molecule has 0 rings (SSSR count). The summed E-state index contributed by atoms with van der Waals surface area (Å²) in [5.74, 6) is -18.3. The highest BCUT2D eigenvalue weighted by Gasteiger charge is 2.85. The lowest BCUT2D eigenvalue weighted by atomic mass is 9.60. The zero-order chi connectivity index (χ0) is 34.2. The van der Waals surface area contributed by atoms with Crippen molar-refractivity contribution < 1.29 is 87.7 Å². The van der Waals surface area contributed by atoms with E-state index >= 15 is 0 Å². The van der Waals surface area contributed by atoms with Crippen LogP contribution in [0.15, 0.2) is 75.9 Å². The standard InChI is InChI=1S/C26H30O18/c1-7-17(31)37-25(38-18(32)8-2,43-41-21(35)11-5)24(16-30,23(13-27,14-28)15-29)26(39-19(33)9-3,40-20(34)10-4)44-42-22(36)12-6/h7-12,27-30H,1-6,13-16H2. The minimum atomic E-state index is -4.16. The maximum absolute atomic E-state index is 12.7. The highest BCUT2D eigenvalue weighted by Crippen LogP contribution is 2.59. The van der Waals surface area contributed by atoms with Gasteiger partial charge in [0.1, 0.15) is 0 Å². The van der Waals surface area contributed by atoms with Gasteiger partial charge in [0.15, 0.2) is 0 Å². The minimum Gasteiger partial charge on any atom is -0.396 e. The number of esters is 4. The van der Waals surface area contributed by atoms with Crippen LogP contribution in [0.25, 0.3) is 0 Å². The molecule has 242 valence electrons. The topological polar surface area (TPSA) is 257 Å². The molecule has 0 saturated heterocycles. The van der Waals surface area contributed by atoms with Gasteiger partial charge >= 0.3 is 47.8 Å². The summed E-state index contributed by atoms with van der Waals surface area (Å²) < 4.78 is 20.2. The van der Waals surface area contributed by atoms with Crippen LogP contribution in [0, 0.1) is 10.8 Å². The van der Waals surface area contributed by atoms with E-state index in [0.29, 0.717) is 36.5 Å². The Balaban J connectivity index is 8.98. The first kappa shape index (κ1) is 39.0. The van der Waals surface area contributed by atoms with Crippen LogP contribution in [0.2, 0.25) is 0 Å². The molecule has 0 aromatic heterocycles. The Bertz CT molecular complexity index is 1040. The van der Waals surface area contributed by atoms with E-state index in [0.717, 1.165) is 0 Å². The normalized spacial score (nSPS) is 11.5. The third-order valence-electron chi connectivity index (χ3n) is 5.50. The molecule has 18 nitrogen and oxygen atoms in total. The first-order chi connectivity index (χ1) is 20.7. The lowest BCUT2D eigenvalue weighted by Crippen LogP contribution is -2.78. The van der Waals surface area contributed by atoms with Gasteiger partial charge in [-0.3, -0.25) is 9.78 Å². The fourth-order valence-corrected chi connectivity index (χ4v) is 3.31. The second-order valence-corrected chi connectivity index (χ2v) is 7.81. The SMILES string of the molecule is C=CC(=O)OOC(OC(=O)C=C)(OC(=O)C=C)C(CO)(C(CO)(CO)CO)C(OOC(=O)C=C)(OC(=O)C=C)OC(=O)C=C. The summed E-state index contributed by atoms with van der Waals surface area (Å²) >= 11 is 0. The van der Waals surface area contributed by atoms with Crippen LogP contribution in [0.1, 0.15) is 0 Å². The van der Waals surface area contributed by atoms with E-state index in [-0.39, 0.29) is 0 Å². The van der Waals surface area contributed by atoms with Crippen molar-refractivity contribution in [3.63, 3.8) is 0 Å². The van der Waals surface area contributed by atoms with E-state index < -0.39 is 85.0 Å². The molecule has 0 atom stereocenters. The Morgan fingerprint density at radius 3 is 0.886 bits per heavy atom. The molecule has 4 N–H and O–H groups in total. The fourth-order valence-electron chi connectivity index (χ4n) is 3.31. The van der Waals surface area contributed by atoms with Crippen LogP contribution in [0.5, 0.6) is 0 Å². The zero-order valence-corrected chi connectivity index (χ0v) is 23.0. The largest absolute Gasteiger partial charge is 0.433 e. The number of carbonyl (C=O) groups excluding carboxylic acids is 6. The molecule has 0 unspecified atom stereocenters. The number of aliphatic hydroxyl groups excluding tert-OH is 4. The summed E-state index contributed by atoms with van der Waals surface area (Å²) in [6.45, 7) is 11.5. The third-order valence-corrected chi connectivity index (χ3v) is 5.50. The summed E-state index contributed by atoms with van der Waals surface area (Å²) in [5.41, 5.74) is -7.04. The van der Waals surface area contributed by atoms with Gasteiger partial charge in [0, 0.05) is 36.5 Å². The number of hydrogen-bond donors (Lipinski definition) is 4. The predicted octanol–water partition coefficient (Wildman–Crippen LogP) is -1.53. The Morgan fingerprint density at radius 2 is 0.705 bits per heavy atom. The Kier molecular flexibility index (Phi) is 15.3. The van der Waals surface area contributed by atoms with Crippen LogP contribution in [-0.4, -0.2) is 94.6 Å². The first-order valence-corrected chi connectivity index (χ1v) is 11.6. The summed E-state index contributed by atoms with van der Waals surface area (Å²) in [4.78, 5) is 93.7. The van der Waals surface area contributed by atoms with Crippen LogP contribution in [0.3, 0.4) is 0 Å². The maximum atomic E-state index is 12.7. The summed E-state index contributed by atoms with van der Waals surface area (Å²) in [6, 6.07) is 0. The average molecular weight is 631 g/mol. The minimum absolute atomic E-state index is 0.349. The molecule has 0 radical (unpaired) electrons. The number of rotatable bonds is 21. The molecule has 0 aliphatic carbocycles. The second kappa shape index (κ2) is 17.2. The molecule has 18 heteroatoms.